The highest BCUT2D eigenvalue weighted by Crippen LogP contribution is 2.37. The van der Waals surface area contributed by atoms with Crippen molar-refractivity contribution in [1.82, 2.24) is 0 Å². The summed E-state index contributed by atoms with van der Waals surface area (Å²) in [6.07, 6.45) is -1.54. The number of carbonyl (C=O) groups excluding carboxylic acids is 1. The lowest BCUT2D eigenvalue weighted by molar-refractivity contribution is 0.103. The number of phenolic OH excluding ortho intramolecular Hbond substituents is 1. The van der Waals surface area contributed by atoms with Gasteiger partial charge in [-0.15, -0.1) is 0 Å². The minimum absolute atomic E-state index is 0.0241. The monoisotopic (exact) mass is 458 g/mol. The molecule has 3 nitrogen and oxygen atoms in total. The summed E-state index contributed by atoms with van der Waals surface area (Å²) in [5.41, 5.74) is 0.403. The van der Waals surface area contributed by atoms with Crippen molar-refractivity contribution in [3.8, 4) is 5.75 Å². The SMILES string of the molecule is CC(F)c1oc2ccc(F)cc2c1C(=O)c1cc(Br)c(O)c(Br)c1. The molecule has 0 aliphatic heterocycles. The smallest absolute Gasteiger partial charge is 0.197 e. The van der Waals surface area contributed by atoms with E-state index in [0.717, 1.165) is 6.07 Å². The third-order valence-corrected chi connectivity index (χ3v) is 4.75. The first-order valence-electron chi connectivity index (χ1n) is 6.88. The summed E-state index contributed by atoms with van der Waals surface area (Å²) >= 11 is 6.30. The van der Waals surface area contributed by atoms with E-state index >= 15 is 0 Å². The van der Waals surface area contributed by atoms with E-state index in [2.05, 4.69) is 31.9 Å². The zero-order chi connectivity index (χ0) is 17.6. The van der Waals surface area contributed by atoms with Crippen molar-refractivity contribution < 1.29 is 23.1 Å². The molecular formula is C17H10Br2F2O3. The number of hydrogen-bond donors (Lipinski definition) is 1. The Bertz CT molecular complexity index is 941. The van der Waals surface area contributed by atoms with Crippen LogP contribution in [0.2, 0.25) is 0 Å². The summed E-state index contributed by atoms with van der Waals surface area (Å²) in [6.45, 7) is 1.24. The number of carbonyl (C=O) groups is 1. The Balaban J connectivity index is 2.26. The number of hydrogen-bond acceptors (Lipinski definition) is 3. The van der Waals surface area contributed by atoms with Crippen molar-refractivity contribution in [2.45, 2.75) is 13.1 Å². The number of aromatic hydroxyl groups is 1. The zero-order valence-corrected chi connectivity index (χ0v) is 15.4. The number of benzene rings is 2. The van der Waals surface area contributed by atoms with E-state index in [1.807, 2.05) is 0 Å². The lowest BCUT2D eigenvalue weighted by Gasteiger charge is -2.07. The van der Waals surface area contributed by atoms with E-state index in [-0.39, 0.29) is 33.6 Å². The van der Waals surface area contributed by atoms with Crippen LogP contribution in [0.4, 0.5) is 8.78 Å². The summed E-state index contributed by atoms with van der Waals surface area (Å²) in [4.78, 5) is 12.9. The maximum absolute atomic E-state index is 13.9. The van der Waals surface area contributed by atoms with Gasteiger partial charge in [0.15, 0.2) is 12.0 Å². The average molecular weight is 460 g/mol. The minimum Gasteiger partial charge on any atom is -0.506 e. The Morgan fingerprint density at radius 2 is 1.83 bits per heavy atom. The molecule has 0 aliphatic rings. The van der Waals surface area contributed by atoms with Gasteiger partial charge in [-0.1, -0.05) is 0 Å². The molecule has 24 heavy (non-hydrogen) atoms. The van der Waals surface area contributed by atoms with Crippen LogP contribution in [0, 0.1) is 5.82 Å². The van der Waals surface area contributed by atoms with Crippen LogP contribution >= 0.6 is 31.9 Å². The quantitative estimate of drug-likeness (QED) is 0.484. The van der Waals surface area contributed by atoms with Crippen LogP contribution in [0.5, 0.6) is 5.75 Å². The third kappa shape index (κ3) is 2.86. The molecule has 0 spiro atoms. The fourth-order valence-corrected chi connectivity index (χ4v) is 3.63. The van der Waals surface area contributed by atoms with E-state index < -0.39 is 17.8 Å². The van der Waals surface area contributed by atoms with Gasteiger partial charge >= 0.3 is 0 Å². The molecule has 0 bridgehead atoms. The summed E-state index contributed by atoms with van der Waals surface area (Å²) < 4.78 is 33.5. The Morgan fingerprint density at radius 1 is 1.21 bits per heavy atom. The van der Waals surface area contributed by atoms with Crippen LogP contribution in [-0.4, -0.2) is 10.9 Å². The first-order chi connectivity index (χ1) is 11.3. The maximum atomic E-state index is 13.9. The van der Waals surface area contributed by atoms with Gasteiger partial charge in [0.2, 0.25) is 0 Å². The van der Waals surface area contributed by atoms with Crippen molar-refractivity contribution in [3.63, 3.8) is 0 Å². The molecule has 0 amide bonds. The number of furan rings is 1. The van der Waals surface area contributed by atoms with E-state index in [0.29, 0.717) is 8.95 Å². The van der Waals surface area contributed by atoms with Gasteiger partial charge in [0.1, 0.15) is 22.9 Å². The molecule has 1 aromatic heterocycles. The van der Waals surface area contributed by atoms with Gasteiger partial charge in [0.25, 0.3) is 0 Å². The van der Waals surface area contributed by atoms with Crippen molar-refractivity contribution >= 4 is 48.6 Å². The molecule has 1 heterocycles. The normalized spacial score (nSPS) is 12.5. The van der Waals surface area contributed by atoms with Crippen molar-refractivity contribution in [2.24, 2.45) is 0 Å². The van der Waals surface area contributed by atoms with Crippen LogP contribution in [0.25, 0.3) is 11.0 Å². The number of rotatable bonds is 3. The van der Waals surface area contributed by atoms with Gasteiger partial charge in [-0.3, -0.25) is 4.79 Å². The molecule has 0 fully saturated rings. The predicted molar refractivity (Wildman–Crippen MR) is 92.6 cm³/mol. The fourth-order valence-electron chi connectivity index (χ4n) is 2.44. The van der Waals surface area contributed by atoms with Crippen LogP contribution in [-0.2, 0) is 0 Å². The second-order valence-corrected chi connectivity index (χ2v) is 6.92. The number of fused-ring (bicyclic) bond motifs is 1. The maximum Gasteiger partial charge on any atom is 0.197 e. The van der Waals surface area contributed by atoms with Crippen molar-refractivity contribution in [1.29, 1.82) is 0 Å². The van der Waals surface area contributed by atoms with E-state index in [1.165, 1.54) is 31.2 Å². The summed E-state index contributed by atoms with van der Waals surface area (Å²) in [7, 11) is 0. The second-order valence-electron chi connectivity index (χ2n) is 5.22. The number of phenols is 1. The van der Waals surface area contributed by atoms with E-state index in [9.17, 15) is 18.7 Å². The third-order valence-electron chi connectivity index (χ3n) is 3.54. The molecule has 1 unspecified atom stereocenters. The van der Waals surface area contributed by atoms with Crippen LogP contribution in [0.3, 0.4) is 0 Å². The molecule has 124 valence electrons. The number of alkyl halides is 1. The van der Waals surface area contributed by atoms with Gasteiger partial charge in [0, 0.05) is 10.9 Å². The highest BCUT2D eigenvalue weighted by molar-refractivity contribution is 9.11. The first kappa shape index (κ1) is 17.1. The highest BCUT2D eigenvalue weighted by atomic mass is 79.9. The van der Waals surface area contributed by atoms with E-state index in [1.54, 1.807) is 0 Å². The van der Waals surface area contributed by atoms with Crippen molar-refractivity contribution in [3.05, 3.63) is 62.0 Å². The summed E-state index contributed by atoms with van der Waals surface area (Å²) in [5.74, 6) is -1.29. The average Bonchev–Trinajstić information content (AvgIpc) is 2.90. The van der Waals surface area contributed by atoms with Gasteiger partial charge in [-0.25, -0.2) is 8.78 Å². The summed E-state index contributed by atoms with van der Waals surface area (Å²) in [6, 6.07) is 6.50. The van der Waals surface area contributed by atoms with Gasteiger partial charge in [0.05, 0.1) is 14.5 Å². The fraction of sp³-hybridized carbons (Fsp3) is 0.118. The molecule has 1 atom stereocenters. The molecule has 7 heteroatoms. The number of halogens is 4. The molecule has 0 aliphatic carbocycles. The van der Waals surface area contributed by atoms with Gasteiger partial charge < -0.3 is 9.52 Å². The Hall–Kier alpha value is -1.73. The predicted octanol–water partition coefficient (Wildman–Crippen LogP) is 6.06. The Labute approximate surface area is 152 Å². The van der Waals surface area contributed by atoms with Crippen LogP contribution in [0.15, 0.2) is 43.7 Å². The van der Waals surface area contributed by atoms with Gasteiger partial charge in [-0.05, 0) is 69.1 Å². The van der Waals surface area contributed by atoms with Crippen molar-refractivity contribution in [2.75, 3.05) is 0 Å². The topological polar surface area (TPSA) is 50.4 Å². The summed E-state index contributed by atoms with van der Waals surface area (Å²) in [5, 5.41) is 9.97. The lowest BCUT2D eigenvalue weighted by atomic mass is 9.99. The molecule has 3 rings (SSSR count). The lowest BCUT2D eigenvalue weighted by Crippen LogP contribution is -2.05. The Morgan fingerprint density at radius 3 is 2.42 bits per heavy atom. The largest absolute Gasteiger partial charge is 0.506 e. The second kappa shape index (κ2) is 6.29. The molecule has 1 N–H and O–H groups in total. The first-order valence-corrected chi connectivity index (χ1v) is 8.47. The zero-order valence-electron chi connectivity index (χ0n) is 12.2. The molecule has 0 saturated carbocycles. The van der Waals surface area contributed by atoms with Crippen LogP contribution in [0.1, 0.15) is 34.8 Å². The van der Waals surface area contributed by atoms with Gasteiger partial charge in [-0.2, -0.15) is 0 Å². The van der Waals surface area contributed by atoms with E-state index in [4.69, 9.17) is 4.42 Å². The Kier molecular flexibility index (Phi) is 4.48. The molecule has 0 radical (unpaired) electrons. The standard InChI is InChI=1S/C17H10Br2F2O3/c1-7(20)17-14(10-6-9(21)2-3-13(10)24-17)15(22)8-4-11(18)16(23)12(19)5-8/h2-7,23H,1H3. The number of ketones is 1. The minimum atomic E-state index is -1.54. The molecule has 2 aromatic carbocycles. The molecule has 3 aromatic rings. The molecule has 0 saturated heterocycles. The molecular weight excluding hydrogens is 450 g/mol. The van der Waals surface area contributed by atoms with Crippen LogP contribution < -0.4 is 0 Å². The highest BCUT2D eigenvalue weighted by Gasteiger charge is 2.26.